The highest BCUT2D eigenvalue weighted by molar-refractivity contribution is 5.79. The molecule has 19 heavy (non-hydrogen) atoms. The second-order valence-electron chi connectivity index (χ2n) is 5.19. The molecule has 0 radical (unpaired) electrons. The number of aromatic nitrogens is 2. The van der Waals surface area contributed by atoms with Crippen LogP contribution < -0.4 is 5.73 Å². The Hall–Kier alpha value is -1.91. The maximum absolute atomic E-state index is 12.5. The number of hydrogen-bond acceptors (Lipinski definition) is 4. The van der Waals surface area contributed by atoms with Crippen LogP contribution in [-0.4, -0.2) is 27.3 Å². The normalized spacial score (nSPS) is 22.1. The number of allylic oxidation sites excluding steroid dienone is 2. The second kappa shape index (κ2) is 4.99. The summed E-state index contributed by atoms with van der Waals surface area (Å²) in [4.78, 5) is 22.6. The molecule has 1 aromatic heterocycles. The predicted molar refractivity (Wildman–Crippen MR) is 72.0 cm³/mol. The lowest BCUT2D eigenvalue weighted by atomic mass is 9.92. The first kappa shape index (κ1) is 12.1. The van der Waals surface area contributed by atoms with E-state index in [4.69, 9.17) is 5.73 Å². The van der Waals surface area contributed by atoms with Crippen LogP contribution >= 0.6 is 0 Å². The molecule has 1 aliphatic carbocycles. The van der Waals surface area contributed by atoms with Gasteiger partial charge in [0, 0.05) is 18.7 Å². The highest BCUT2D eigenvalue weighted by Crippen LogP contribution is 2.24. The van der Waals surface area contributed by atoms with E-state index in [9.17, 15) is 4.79 Å². The molecule has 0 saturated heterocycles. The molecule has 100 valence electrons. The van der Waals surface area contributed by atoms with Crippen molar-refractivity contribution < 1.29 is 4.79 Å². The number of nitrogens with two attached hydrogens (primary N) is 1. The summed E-state index contributed by atoms with van der Waals surface area (Å²) in [5, 5.41) is 0. The average Bonchev–Trinajstić information content (AvgIpc) is 2.46. The molecule has 2 N–H and O–H groups in total. The number of nitrogens with zero attached hydrogens (tertiary/aromatic N) is 3. The summed E-state index contributed by atoms with van der Waals surface area (Å²) < 4.78 is 0. The van der Waals surface area contributed by atoms with E-state index in [1.54, 1.807) is 6.20 Å². The predicted octanol–water partition coefficient (Wildman–Crippen LogP) is 1.30. The molecule has 1 atom stereocenters. The molecule has 0 fully saturated rings. The Bertz CT molecular complexity index is 526. The molecule has 0 saturated carbocycles. The van der Waals surface area contributed by atoms with Gasteiger partial charge >= 0.3 is 0 Å². The number of carbonyl (C=O) groups is 1. The second-order valence-corrected chi connectivity index (χ2v) is 5.19. The number of hydrogen-bond donors (Lipinski definition) is 1. The molecule has 3 rings (SSSR count). The van der Waals surface area contributed by atoms with Gasteiger partial charge in [0.2, 0.25) is 11.9 Å². The van der Waals surface area contributed by atoms with Crippen molar-refractivity contribution in [3.63, 3.8) is 0 Å². The third-order valence-electron chi connectivity index (χ3n) is 3.89. The van der Waals surface area contributed by atoms with Gasteiger partial charge in [-0.2, -0.15) is 0 Å². The zero-order valence-electron chi connectivity index (χ0n) is 10.9. The third kappa shape index (κ3) is 2.45. The lowest BCUT2D eigenvalue weighted by Crippen LogP contribution is -2.40. The number of nitrogen functional groups attached to an aromatic ring is 1. The molecule has 1 unspecified atom stereocenters. The zero-order chi connectivity index (χ0) is 13.2. The first-order chi connectivity index (χ1) is 9.24. The Morgan fingerprint density at radius 1 is 1.42 bits per heavy atom. The zero-order valence-corrected chi connectivity index (χ0v) is 10.9. The number of rotatable bonds is 1. The molecular weight excluding hydrogens is 240 g/mol. The maximum Gasteiger partial charge on any atom is 0.226 e. The summed E-state index contributed by atoms with van der Waals surface area (Å²) >= 11 is 0. The largest absolute Gasteiger partial charge is 0.368 e. The van der Waals surface area contributed by atoms with Crippen molar-refractivity contribution in [2.24, 2.45) is 5.92 Å². The van der Waals surface area contributed by atoms with E-state index in [2.05, 4.69) is 22.1 Å². The first-order valence-corrected chi connectivity index (χ1v) is 6.78. The summed E-state index contributed by atoms with van der Waals surface area (Å²) in [6, 6.07) is 0. The standard InChI is InChI=1S/C14H18N4O/c15-14-16-8-11-6-7-18(9-12(11)17-14)13(19)10-4-2-1-3-5-10/h1-2,8,10H,3-7,9H2,(H2,15,16,17). The average molecular weight is 258 g/mol. The van der Waals surface area contributed by atoms with Crippen LogP contribution in [0.4, 0.5) is 5.95 Å². The van der Waals surface area contributed by atoms with Crippen molar-refractivity contribution in [3.05, 3.63) is 29.6 Å². The van der Waals surface area contributed by atoms with Gasteiger partial charge in [0.25, 0.3) is 0 Å². The molecule has 0 bridgehead atoms. The summed E-state index contributed by atoms with van der Waals surface area (Å²) in [6.07, 6.45) is 9.72. The van der Waals surface area contributed by atoms with Crippen LogP contribution in [0.5, 0.6) is 0 Å². The lowest BCUT2D eigenvalue weighted by molar-refractivity contribution is -0.136. The summed E-state index contributed by atoms with van der Waals surface area (Å²) in [5.41, 5.74) is 7.63. The van der Waals surface area contributed by atoms with Crippen molar-refractivity contribution in [1.82, 2.24) is 14.9 Å². The fourth-order valence-electron chi connectivity index (χ4n) is 2.78. The van der Waals surface area contributed by atoms with Crippen molar-refractivity contribution in [3.8, 4) is 0 Å². The van der Waals surface area contributed by atoms with Crippen molar-refractivity contribution in [2.75, 3.05) is 12.3 Å². The third-order valence-corrected chi connectivity index (χ3v) is 3.89. The van der Waals surface area contributed by atoms with E-state index in [1.165, 1.54) is 0 Å². The van der Waals surface area contributed by atoms with Gasteiger partial charge in [-0.1, -0.05) is 12.2 Å². The van der Waals surface area contributed by atoms with E-state index >= 15 is 0 Å². The van der Waals surface area contributed by atoms with Crippen molar-refractivity contribution in [2.45, 2.75) is 32.2 Å². The Kier molecular flexibility index (Phi) is 3.19. The number of anilines is 1. The van der Waals surface area contributed by atoms with Crippen LogP contribution in [0.25, 0.3) is 0 Å². The fourth-order valence-corrected chi connectivity index (χ4v) is 2.78. The van der Waals surface area contributed by atoms with E-state index in [0.717, 1.165) is 43.5 Å². The minimum absolute atomic E-state index is 0.144. The minimum atomic E-state index is 0.144. The molecular formula is C14H18N4O. The van der Waals surface area contributed by atoms with Crippen LogP contribution in [0.15, 0.2) is 18.3 Å². The van der Waals surface area contributed by atoms with Gasteiger partial charge < -0.3 is 10.6 Å². The lowest BCUT2D eigenvalue weighted by Gasteiger charge is -2.31. The SMILES string of the molecule is Nc1ncc2c(n1)CN(C(=O)C1CC=CCC1)CC2. The van der Waals surface area contributed by atoms with E-state index in [0.29, 0.717) is 6.54 Å². The van der Waals surface area contributed by atoms with Crippen LogP contribution in [0, 0.1) is 5.92 Å². The van der Waals surface area contributed by atoms with E-state index in [-0.39, 0.29) is 17.8 Å². The van der Waals surface area contributed by atoms with Gasteiger partial charge in [-0.05, 0) is 31.2 Å². The fraction of sp³-hybridized carbons (Fsp3) is 0.500. The molecule has 1 aliphatic heterocycles. The Morgan fingerprint density at radius 3 is 3.11 bits per heavy atom. The van der Waals surface area contributed by atoms with Crippen LogP contribution in [-0.2, 0) is 17.8 Å². The Morgan fingerprint density at radius 2 is 2.32 bits per heavy atom. The molecule has 5 nitrogen and oxygen atoms in total. The topological polar surface area (TPSA) is 72.1 Å². The van der Waals surface area contributed by atoms with Crippen LogP contribution in [0.2, 0.25) is 0 Å². The number of fused-ring (bicyclic) bond motifs is 1. The molecule has 1 amide bonds. The van der Waals surface area contributed by atoms with Gasteiger partial charge in [-0.15, -0.1) is 0 Å². The smallest absolute Gasteiger partial charge is 0.226 e. The van der Waals surface area contributed by atoms with Crippen LogP contribution in [0.1, 0.15) is 30.5 Å². The Balaban J connectivity index is 1.74. The maximum atomic E-state index is 12.5. The first-order valence-electron chi connectivity index (χ1n) is 6.78. The summed E-state index contributed by atoms with van der Waals surface area (Å²) in [7, 11) is 0. The molecule has 2 heterocycles. The molecule has 0 aromatic carbocycles. The number of amides is 1. The van der Waals surface area contributed by atoms with Crippen molar-refractivity contribution in [1.29, 1.82) is 0 Å². The van der Waals surface area contributed by atoms with Crippen LogP contribution in [0.3, 0.4) is 0 Å². The summed E-state index contributed by atoms with van der Waals surface area (Å²) in [6.45, 7) is 1.33. The summed E-state index contributed by atoms with van der Waals surface area (Å²) in [5.74, 6) is 0.687. The highest BCUT2D eigenvalue weighted by atomic mass is 16.2. The van der Waals surface area contributed by atoms with Gasteiger partial charge in [-0.3, -0.25) is 4.79 Å². The molecule has 5 heteroatoms. The van der Waals surface area contributed by atoms with Gasteiger partial charge in [-0.25, -0.2) is 9.97 Å². The molecule has 0 spiro atoms. The Labute approximate surface area is 112 Å². The minimum Gasteiger partial charge on any atom is -0.368 e. The van der Waals surface area contributed by atoms with Gasteiger partial charge in [0.05, 0.1) is 12.2 Å². The quantitative estimate of drug-likeness (QED) is 0.771. The van der Waals surface area contributed by atoms with Crippen molar-refractivity contribution >= 4 is 11.9 Å². The van der Waals surface area contributed by atoms with Gasteiger partial charge in [0.15, 0.2) is 0 Å². The number of carbonyl (C=O) groups excluding carboxylic acids is 1. The molecule has 2 aliphatic rings. The highest BCUT2D eigenvalue weighted by Gasteiger charge is 2.27. The van der Waals surface area contributed by atoms with E-state index in [1.807, 2.05) is 4.90 Å². The van der Waals surface area contributed by atoms with E-state index < -0.39 is 0 Å². The monoisotopic (exact) mass is 258 g/mol. The molecule has 1 aromatic rings. The van der Waals surface area contributed by atoms with Gasteiger partial charge in [0.1, 0.15) is 0 Å².